The highest BCUT2D eigenvalue weighted by Gasteiger charge is 2.40. The van der Waals surface area contributed by atoms with Crippen molar-refractivity contribution in [1.29, 1.82) is 0 Å². The van der Waals surface area contributed by atoms with Gasteiger partial charge in [-0.05, 0) is 18.1 Å². The SMILES string of the molecule is Cc1ccc(C2=C(N3CCN(Cc4ccccc4)CC3)C(=O)N(C)C2=O)cc1. The molecule has 144 valence electrons. The molecule has 28 heavy (non-hydrogen) atoms. The molecule has 0 spiro atoms. The van der Waals surface area contributed by atoms with Gasteiger partial charge in [-0.15, -0.1) is 0 Å². The molecular weight excluding hydrogens is 350 g/mol. The van der Waals surface area contributed by atoms with Crippen LogP contribution >= 0.6 is 0 Å². The third-order valence-corrected chi connectivity index (χ3v) is 5.54. The number of hydrogen-bond donors (Lipinski definition) is 0. The van der Waals surface area contributed by atoms with Crippen LogP contribution < -0.4 is 0 Å². The van der Waals surface area contributed by atoms with Gasteiger partial charge in [0.15, 0.2) is 0 Å². The number of benzene rings is 2. The number of carbonyl (C=O) groups is 2. The van der Waals surface area contributed by atoms with Gasteiger partial charge < -0.3 is 4.90 Å². The molecule has 0 atom stereocenters. The summed E-state index contributed by atoms with van der Waals surface area (Å²) in [4.78, 5) is 31.3. The van der Waals surface area contributed by atoms with Crippen LogP contribution in [0.5, 0.6) is 0 Å². The zero-order valence-electron chi connectivity index (χ0n) is 16.4. The molecule has 2 aromatic rings. The average molecular weight is 375 g/mol. The van der Waals surface area contributed by atoms with Gasteiger partial charge >= 0.3 is 0 Å². The van der Waals surface area contributed by atoms with Crippen LogP contribution in [0.3, 0.4) is 0 Å². The molecule has 5 nitrogen and oxygen atoms in total. The van der Waals surface area contributed by atoms with E-state index in [1.807, 2.05) is 37.3 Å². The van der Waals surface area contributed by atoms with Crippen LogP contribution in [0.1, 0.15) is 16.7 Å². The first kappa shape index (κ1) is 18.4. The Kier molecular flexibility index (Phi) is 5.01. The predicted octanol–water partition coefficient (Wildman–Crippen LogP) is 2.52. The van der Waals surface area contributed by atoms with E-state index in [2.05, 4.69) is 34.1 Å². The molecule has 5 heteroatoms. The van der Waals surface area contributed by atoms with Crippen molar-refractivity contribution >= 4 is 17.4 Å². The maximum atomic E-state index is 12.8. The van der Waals surface area contributed by atoms with Gasteiger partial charge in [-0.1, -0.05) is 60.2 Å². The highest BCUT2D eigenvalue weighted by molar-refractivity contribution is 6.35. The Bertz CT molecular complexity index is 911. The van der Waals surface area contributed by atoms with Crippen molar-refractivity contribution in [3.63, 3.8) is 0 Å². The van der Waals surface area contributed by atoms with Crippen molar-refractivity contribution in [3.8, 4) is 0 Å². The number of carbonyl (C=O) groups excluding carboxylic acids is 2. The number of amides is 2. The normalized spacial score (nSPS) is 18.4. The van der Waals surface area contributed by atoms with Crippen molar-refractivity contribution in [2.24, 2.45) is 0 Å². The highest BCUT2D eigenvalue weighted by Crippen LogP contribution is 2.31. The summed E-state index contributed by atoms with van der Waals surface area (Å²) in [6.07, 6.45) is 0. The number of piperazine rings is 1. The van der Waals surface area contributed by atoms with Crippen LogP contribution in [0.15, 0.2) is 60.3 Å². The van der Waals surface area contributed by atoms with E-state index in [1.54, 1.807) is 7.05 Å². The van der Waals surface area contributed by atoms with Gasteiger partial charge in [0.2, 0.25) is 0 Å². The van der Waals surface area contributed by atoms with E-state index in [0.717, 1.165) is 43.9 Å². The smallest absolute Gasteiger partial charge is 0.277 e. The Morgan fingerprint density at radius 1 is 0.821 bits per heavy atom. The van der Waals surface area contributed by atoms with Gasteiger partial charge in [-0.25, -0.2) is 0 Å². The molecule has 0 aromatic heterocycles. The first-order chi connectivity index (χ1) is 13.5. The Hall–Kier alpha value is -2.92. The average Bonchev–Trinajstić information content (AvgIpc) is 2.94. The van der Waals surface area contributed by atoms with Crippen molar-refractivity contribution in [3.05, 3.63) is 77.0 Å². The Morgan fingerprint density at radius 3 is 2.11 bits per heavy atom. The zero-order chi connectivity index (χ0) is 19.7. The minimum Gasteiger partial charge on any atom is -0.364 e. The molecule has 2 aliphatic rings. The van der Waals surface area contributed by atoms with Gasteiger partial charge in [0.25, 0.3) is 11.8 Å². The monoisotopic (exact) mass is 375 g/mol. The van der Waals surface area contributed by atoms with E-state index in [0.29, 0.717) is 11.3 Å². The number of likely N-dealkylation sites (N-methyl/N-ethyl adjacent to an activating group) is 1. The lowest BCUT2D eigenvalue weighted by molar-refractivity contribution is -0.136. The second-order valence-corrected chi connectivity index (χ2v) is 7.51. The summed E-state index contributed by atoms with van der Waals surface area (Å²) in [6.45, 7) is 6.13. The summed E-state index contributed by atoms with van der Waals surface area (Å²) in [6, 6.07) is 18.2. The molecule has 1 saturated heterocycles. The molecule has 0 saturated carbocycles. The summed E-state index contributed by atoms with van der Waals surface area (Å²) >= 11 is 0. The number of rotatable bonds is 4. The Balaban J connectivity index is 1.55. The minimum absolute atomic E-state index is 0.197. The largest absolute Gasteiger partial charge is 0.364 e. The lowest BCUT2D eigenvalue weighted by Crippen LogP contribution is -2.46. The fourth-order valence-electron chi connectivity index (χ4n) is 3.87. The highest BCUT2D eigenvalue weighted by atomic mass is 16.2. The molecule has 2 aliphatic heterocycles. The molecule has 0 aliphatic carbocycles. The van der Waals surface area contributed by atoms with Crippen LogP contribution in [0.4, 0.5) is 0 Å². The zero-order valence-corrected chi connectivity index (χ0v) is 16.4. The standard InChI is InChI=1S/C23H25N3O2/c1-17-8-10-19(11-9-17)20-21(23(28)24(2)22(20)27)26-14-12-25(13-15-26)16-18-6-4-3-5-7-18/h3-11H,12-16H2,1-2H3. The lowest BCUT2D eigenvalue weighted by Gasteiger charge is -2.36. The number of hydrogen-bond acceptors (Lipinski definition) is 4. The summed E-state index contributed by atoms with van der Waals surface area (Å²) in [5, 5.41) is 0. The van der Waals surface area contributed by atoms with Crippen molar-refractivity contribution in [1.82, 2.24) is 14.7 Å². The summed E-state index contributed by atoms with van der Waals surface area (Å²) in [5.41, 5.74) is 4.32. The van der Waals surface area contributed by atoms with E-state index >= 15 is 0 Å². The number of imide groups is 1. The minimum atomic E-state index is -0.212. The Morgan fingerprint density at radius 2 is 1.46 bits per heavy atom. The summed E-state index contributed by atoms with van der Waals surface area (Å²) in [5.74, 6) is -0.410. The van der Waals surface area contributed by atoms with E-state index in [4.69, 9.17) is 0 Å². The van der Waals surface area contributed by atoms with Crippen LogP contribution in [-0.4, -0.2) is 59.7 Å². The fourth-order valence-corrected chi connectivity index (χ4v) is 3.87. The first-order valence-electron chi connectivity index (χ1n) is 9.69. The number of aryl methyl sites for hydroxylation is 1. The lowest BCUT2D eigenvalue weighted by atomic mass is 10.0. The van der Waals surface area contributed by atoms with Gasteiger partial charge in [-0.2, -0.15) is 0 Å². The summed E-state index contributed by atoms with van der Waals surface area (Å²) < 4.78 is 0. The molecule has 2 aromatic carbocycles. The Labute approximate surface area is 165 Å². The van der Waals surface area contributed by atoms with Crippen LogP contribution in [-0.2, 0) is 16.1 Å². The molecule has 0 bridgehead atoms. The second kappa shape index (κ2) is 7.60. The van der Waals surface area contributed by atoms with Gasteiger partial charge in [0, 0.05) is 39.8 Å². The topological polar surface area (TPSA) is 43.9 Å². The van der Waals surface area contributed by atoms with E-state index in [9.17, 15) is 9.59 Å². The molecule has 2 amide bonds. The van der Waals surface area contributed by atoms with Gasteiger partial charge in [0.05, 0.1) is 5.57 Å². The fraction of sp³-hybridized carbons (Fsp3) is 0.304. The van der Waals surface area contributed by atoms with Crippen molar-refractivity contribution < 1.29 is 9.59 Å². The molecule has 2 heterocycles. The van der Waals surface area contributed by atoms with Crippen LogP contribution in [0.2, 0.25) is 0 Å². The molecule has 4 rings (SSSR count). The maximum Gasteiger partial charge on any atom is 0.277 e. The quantitative estimate of drug-likeness (QED) is 0.771. The van der Waals surface area contributed by atoms with E-state index in [-0.39, 0.29) is 11.8 Å². The third kappa shape index (κ3) is 3.45. The molecule has 0 radical (unpaired) electrons. The van der Waals surface area contributed by atoms with Crippen LogP contribution in [0.25, 0.3) is 5.57 Å². The molecule has 0 N–H and O–H groups in total. The number of nitrogens with zero attached hydrogens (tertiary/aromatic N) is 3. The third-order valence-electron chi connectivity index (χ3n) is 5.54. The first-order valence-corrected chi connectivity index (χ1v) is 9.69. The van der Waals surface area contributed by atoms with Crippen molar-refractivity contribution in [2.75, 3.05) is 33.2 Å². The second-order valence-electron chi connectivity index (χ2n) is 7.51. The van der Waals surface area contributed by atoms with Gasteiger partial charge in [0.1, 0.15) is 5.70 Å². The molecule has 1 fully saturated rings. The van der Waals surface area contributed by atoms with E-state index < -0.39 is 0 Å². The predicted molar refractivity (Wildman–Crippen MR) is 109 cm³/mol. The van der Waals surface area contributed by atoms with Gasteiger partial charge in [-0.3, -0.25) is 19.4 Å². The van der Waals surface area contributed by atoms with Crippen LogP contribution in [0, 0.1) is 6.92 Å². The van der Waals surface area contributed by atoms with Crippen molar-refractivity contribution in [2.45, 2.75) is 13.5 Å². The molecular formula is C23H25N3O2. The molecule has 0 unspecified atom stereocenters. The van der Waals surface area contributed by atoms with E-state index in [1.165, 1.54) is 10.5 Å². The maximum absolute atomic E-state index is 12.8. The summed E-state index contributed by atoms with van der Waals surface area (Å²) in [7, 11) is 1.57.